The zero-order valence-corrected chi connectivity index (χ0v) is 46.1. The topological polar surface area (TPSA) is 589 Å². The van der Waals surface area contributed by atoms with E-state index < -0.39 is 213 Å². The van der Waals surface area contributed by atoms with Crippen LogP contribution in [-0.2, 0) is 76.5 Å². The number of aliphatic hydroxyl groups excluding tert-OH is 5. The van der Waals surface area contributed by atoms with Gasteiger partial charge in [0.1, 0.15) is 91.1 Å². The van der Waals surface area contributed by atoms with Crippen LogP contribution < -0.4 is 71.2 Å². The SMILES string of the molecule is CC(=O)NC1C(OC2C(CO)OC(O)C(NC(C)=O)C2OC(C)C(=O)NC(C)C(=O)NC(CCC(=O)NC(CCCC(NC(=O)C(C)NC(=O)C(N)CCCC(N)C(N)=O)C(N)=O)C(=O)NC(C)C(=O)O)C(N)=O)OC(CO)C(O)C1O. The molecule has 0 aromatic heterocycles. The standard InChI is InChI=1S/C47H81N13O22/c1-17(53-42(73)20(4)79-36-32(57-22(6)64)46(78)80-29(16-62)35(36)82-47-31(56-21(5)63)34(67)33(66)28(15-61)81-47)40(71)60-26(39(52)70)13-14-30(65)58-27(44(75)55-19(3)45(76)77)12-8-11-25(38(51)69)59-41(72)18(2)54-43(74)24(49)10-7-9-23(48)37(50)68/h17-20,23-29,31-36,46-47,61-62,66-67,78H,7-16,48-49H2,1-6H3,(H2,50,68)(H2,51,69)(H2,52,70)(H,53,73)(H,54,74)(H,55,75)(H,56,63)(H,57,64)(H,58,65)(H,59,72)(H,60,71)(H,76,77). The van der Waals surface area contributed by atoms with Crippen molar-refractivity contribution in [3.05, 3.63) is 0 Å². The Morgan fingerprint density at radius 1 is 0.524 bits per heavy atom. The van der Waals surface area contributed by atoms with Gasteiger partial charge in [-0.15, -0.1) is 0 Å². The number of nitrogens with one attached hydrogen (secondary N) is 8. The van der Waals surface area contributed by atoms with Crippen LogP contribution in [0.1, 0.15) is 92.9 Å². The monoisotopic (exact) mass is 1180 g/mol. The van der Waals surface area contributed by atoms with Gasteiger partial charge in [-0.1, -0.05) is 0 Å². The van der Waals surface area contributed by atoms with Crippen molar-refractivity contribution in [1.82, 2.24) is 42.5 Å². The van der Waals surface area contributed by atoms with Gasteiger partial charge in [-0.05, 0) is 72.6 Å². The number of rotatable bonds is 34. The summed E-state index contributed by atoms with van der Waals surface area (Å²) in [6, 6.07) is -13.8. The Bertz CT molecular complexity index is 2250. The van der Waals surface area contributed by atoms with E-state index in [-0.39, 0.29) is 38.5 Å². The van der Waals surface area contributed by atoms with E-state index in [1.54, 1.807) is 0 Å². The smallest absolute Gasteiger partial charge is 0.325 e. The molecule has 2 saturated heterocycles. The Morgan fingerprint density at radius 3 is 1.52 bits per heavy atom. The molecule has 2 aliphatic rings. The lowest BCUT2D eigenvalue weighted by Crippen LogP contribution is -2.70. The highest BCUT2D eigenvalue weighted by atomic mass is 16.7. The van der Waals surface area contributed by atoms with Gasteiger partial charge in [0, 0.05) is 20.3 Å². The van der Waals surface area contributed by atoms with Crippen molar-refractivity contribution in [3.63, 3.8) is 0 Å². The second-order valence-electron chi connectivity index (χ2n) is 19.8. The number of hydrogen-bond donors (Lipinski definition) is 19. The first-order chi connectivity index (χ1) is 38.2. The number of aliphatic carboxylic acids is 1. The predicted octanol–water partition coefficient (Wildman–Crippen LogP) is -10.4. The first kappa shape index (κ1) is 71.3. The van der Waals surface area contributed by atoms with Crippen molar-refractivity contribution in [2.45, 2.75) is 209 Å². The summed E-state index contributed by atoms with van der Waals surface area (Å²) in [6.45, 7) is 5.16. The molecule has 466 valence electrons. The largest absolute Gasteiger partial charge is 0.480 e. The highest BCUT2D eigenvalue weighted by Gasteiger charge is 2.53. The molecule has 35 heteroatoms. The van der Waals surface area contributed by atoms with E-state index in [2.05, 4.69) is 42.5 Å². The molecule has 11 amide bonds. The lowest BCUT2D eigenvalue weighted by atomic mass is 9.94. The quantitative estimate of drug-likeness (QED) is 0.0284. The Hall–Kier alpha value is -6.80. The number of carbonyl (C=O) groups excluding carboxylic acids is 11. The Morgan fingerprint density at radius 2 is 1.01 bits per heavy atom. The van der Waals surface area contributed by atoms with Crippen LogP contribution in [0.3, 0.4) is 0 Å². The maximum absolute atomic E-state index is 13.6. The third kappa shape index (κ3) is 22.5. The third-order valence-corrected chi connectivity index (χ3v) is 13.1. The zero-order chi connectivity index (χ0) is 62.5. The normalized spacial score (nSPS) is 25.7. The van der Waals surface area contributed by atoms with E-state index in [9.17, 15) is 88.2 Å². The molecule has 24 N–H and O–H groups in total. The summed E-state index contributed by atoms with van der Waals surface area (Å²) in [5.41, 5.74) is 27.7. The van der Waals surface area contributed by atoms with Crippen LogP contribution in [0.2, 0.25) is 0 Å². The summed E-state index contributed by atoms with van der Waals surface area (Å²) in [5, 5.41) is 80.6. The van der Waals surface area contributed by atoms with Gasteiger partial charge in [-0.3, -0.25) is 57.5 Å². The Balaban J connectivity index is 2.17. The number of carboxylic acid groups (broad SMARTS) is 1. The molecule has 2 heterocycles. The summed E-state index contributed by atoms with van der Waals surface area (Å²) < 4.78 is 23.2. The van der Waals surface area contributed by atoms with E-state index in [1.165, 1.54) is 20.8 Å². The van der Waals surface area contributed by atoms with Crippen molar-refractivity contribution in [2.75, 3.05) is 13.2 Å². The summed E-state index contributed by atoms with van der Waals surface area (Å²) in [7, 11) is 0. The van der Waals surface area contributed by atoms with Crippen molar-refractivity contribution < 1.29 is 107 Å². The maximum atomic E-state index is 13.6. The van der Waals surface area contributed by atoms with E-state index in [0.29, 0.717) is 0 Å². The number of carbonyl (C=O) groups is 12. The van der Waals surface area contributed by atoms with Crippen molar-refractivity contribution >= 4 is 70.9 Å². The highest BCUT2D eigenvalue weighted by Crippen LogP contribution is 2.31. The van der Waals surface area contributed by atoms with Crippen molar-refractivity contribution in [3.8, 4) is 0 Å². The number of amides is 11. The summed E-state index contributed by atoms with van der Waals surface area (Å²) in [6.07, 6.45) is -16.4. The molecule has 0 aliphatic carbocycles. The molecular weight excluding hydrogens is 1100 g/mol. The average molecular weight is 1180 g/mol. The molecule has 0 spiro atoms. The minimum Gasteiger partial charge on any atom is -0.480 e. The minimum atomic E-state index is -1.92. The minimum absolute atomic E-state index is 0.0929. The number of nitrogens with two attached hydrogens (primary N) is 5. The molecule has 0 saturated carbocycles. The van der Waals surface area contributed by atoms with Crippen molar-refractivity contribution in [1.29, 1.82) is 0 Å². The number of ether oxygens (including phenoxy) is 4. The van der Waals surface area contributed by atoms with Gasteiger partial charge in [0.15, 0.2) is 12.6 Å². The fourth-order valence-electron chi connectivity index (χ4n) is 8.31. The molecule has 82 heavy (non-hydrogen) atoms. The molecule has 19 atom stereocenters. The average Bonchev–Trinajstić information content (AvgIpc) is 2.86. The van der Waals surface area contributed by atoms with Gasteiger partial charge in [0.25, 0.3) is 0 Å². The lowest BCUT2D eigenvalue weighted by molar-refractivity contribution is -0.333. The summed E-state index contributed by atoms with van der Waals surface area (Å²) >= 11 is 0. The van der Waals surface area contributed by atoms with Gasteiger partial charge in [0.2, 0.25) is 65.0 Å². The number of primary amides is 3. The van der Waals surface area contributed by atoms with Gasteiger partial charge in [0.05, 0.1) is 25.3 Å². The molecule has 19 unspecified atom stereocenters. The molecule has 2 rings (SSSR count). The van der Waals surface area contributed by atoms with Crippen LogP contribution in [0.25, 0.3) is 0 Å². The third-order valence-electron chi connectivity index (χ3n) is 13.1. The molecule has 0 aromatic rings. The Labute approximate surface area is 470 Å². The second kappa shape index (κ2) is 34.0. The highest BCUT2D eigenvalue weighted by molar-refractivity contribution is 5.94. The first-order valence-electron chi connectivity index (χ1n) is 26.1. The van der Waals surface area contributed by atoms with Crippen LogP contribution in [0, 0.1) is 0 Å². The molecule has 0 aromatic carbocycles. The molecule has 35 nitrogen and oxygen atoms in total. The Kier molecular flexibility index (Phi) is 29.5. The van der Waals surface area contributed by atoms with E-state index in [1.807, 2.05) is 0 Å². The first-order valence-corrected chi connectivity index (χ1v) is 26.1. The molecule has 0 bridgehead atoms. The summed E-state index contributed by atoms with van der Waals surface area (Å²) in [5.74, 6) is -11.4. The van der Waals surface area contributed by atoms with E-state index in [4.69, 9.17) is 47.6 Å². The van der Waals surface area contributed by atoms with Gasteiger partial charge < -0.3 is 121 Å². The molecule has 0 radical (unpaired) electrons. The predicted molar refractivity (Wildman–Crippen MR) is 277 cm³/mol. The van der Waals surface area contributed by atoms with Crippen LogP contribution >= 0.6 is 0 Å². The molecule has 2 fully saturated rings. The van der Waals surface area contributed by atoms with Crippen LogP contribution in [-0.4, -0.2) is 231 Å². The number of carboxylic acids is 1. The van der Waals surface area contributed by atoms with Crippen LogP contribution in [0.15, 0.2) is 0 Å². The zero-order valence-electron chi connectivity index (χ0n) is 46.1. The van der Waals surface area contributed by atoms with Gasteiger partial charge in [-0.25, -0.2) is 0 Å². The van der Waals surface area contributed by atoms with Crippen molar-refractivity contribution in [2.24, 2.45) is 28.7 Å². The summed E-state index contributed by atoms with van der Waals surface area (Å²) in [4.78, 5) is 151. The van der Waals surface area contributed by atoms with E-state index >= 15 is 0 Å². The number of hydrogen-bond acceptors (Lipinski definition) is 23. The van der Waals surface area contributed by atoms with E-state index in [0.717, 1.165) is 20.8 Å². The fraction of sp³-hybridized carbons (Fsp3) is 0.745. The maximum Gasteiger partial charge on any atom is 0.325 e. The molecular formula is C47H81N13O22. The van der Waals surface area contributed by atoms with Gasteiger partial charge >= 0.3 is 5.97 Å². The number of aliphatic hydroxyl groups is 5. The van der Waals surface area contributed by atoms with Gasteiger partial charge in [-0.2, -0.15) is 0 Å². The second-order valence-corrected chi connectivity index (χ2v) is 19.8. The van der Waals surface area contributed by atoms with Crippen LogP contribution in [0.4, 0.5) is 0 Å². The fourth-order valence-corrected chi connectivity index (χ4v) is 8.31. The lowest BCUT2D eigenvalue weighted by Gasteiger charge is -2.48. The molecule has 2 aliphatic heterocycles. The van der Waals surface area contributed by atoms with Crippen LogP contribution in [0.5, 0.6) is 0 Å².